The molecule has 27 heavy (non-hydrogen) atoms. The molecule has 3 aromatic heterocycles. The van der Waals surface area contributed by atoms with Crippen LogP contribution in [0.1, 0.15) is 21.9 Å². The summed E-state index contributed by atoms with van der Waals surface area (Å²) in [5.41, 5.74) is -0.492. The Morgan fingerprint density at radius 1 is 1.30 bits per heavy atom. The number of nitrogens with zero attached hydrogens (tertiary/aromatic N) is 6. The average molecular weight is 382 g/mol. The second kappa shape index (κ2) is 6.70. The van der Waals surface area contributed by atoms with Crippen molar-refractivity contribution < 1.29 is 27.8 Å². The molecular formula is C15H13F3N6O3. The van der Waals surface area contributed by atoms with E-state index < -0.39 is 23.8 Å². The minimum absolute atomic E-state index is 0.00427. The number of aromatic carboxylic acids is 1. The largest absolute Gasteiger partial charge is 0.476 e. The average Bonchev–Trinajstić information content (AvgIpc) is 3.18. The Bertz CT molecular complexity index is 995. The highest BCUT2D eigenvalue weighted by Crippen LogP contribution is 2.32. The van der Waals surface area contributed by atoms with Gasteiger partial charge in [-0.3, -0.25) is 4.68 Å². The molecule has 1 N–H and O–H groups in total. The Labute approximate surface area is 150 Å². The van der Waals surface area contributed by atoms with Crippen LogP contribution in [0, 0.1) is 6.92 Å². The smallest absolute Gasteiger partial charge is 0.433 e. The maximum atomic E-state index is 13.2. The van der Waals surface area contributed by atoms with Gasteiger partial charge in [0, 0.05) is 25.0 Å². The van der Waals surface area contributed by atoms with Crippen LogP contribution in [-0.4, -0.2) is 40.6 Å². The third kappa shape index (κ3) is 4.04. The minimum Gasteiger partial charge on any atom is -0.476 e. The van der Waals surface area contributed by atoms with E-state index in [9.17, 15) is 18.0 Å². The van der Waals surface area contributed by atoms with Gasteiger partial charge in [0.1, 0.15) is 0 Å². The summed E-state index contributed by atoms with van der Waals surface area (Å²) in [6.45, 7) is 1.28. The number of hydrogen-bond donors (Lipinski definition) is 1. The lowest BCUT2D eigenvalue weighted by Gasteiger charge is -2.11. The lowest BCUT2D eigenvalue weighted by Crippen LogP contribution is -2.13. The first-order chi connectivity index (χ1) is 12.6. The van der Waals surface area contributed by atoms with E-state index in [1.807, 2.05) is 0 Å². The van der Waals surface area contributed by atoms with Crippen LogP contribution in [0.2, 0.25) is 0 Å². The van der Waals surface area contributed by atoms with Crippen molar-refractivity contribution >= 4 is 5.97 Å². The van der Waals surface area contributed by atoms with E-state index in [4.69, 9.17) is 9.84 Å². The van der Waals surface area contributed by atoms with Gasteiger partial charge < -0.3 is 9.84 Å². The summed E-state index contributed by atoms with van der Waals surface area (Å²) in [5, 5.41) is 16.6. The van der Waals surface area contributed by atoms with E-state index in [0.29, 0.717) is 11.3 Å². The molecule has 0 unspecified atom stereocenters. The van der Waals surface area contributed by atoms with Gasteiger partial charge in [-0.1, -0.05) is 0 Å². The normalized spacial score (nSPS) is 11.6. The molecule has 3 aromatic rings. The highest BCUT2D eigenvalue weighted by molar-refractivity contribution is 5.85. The minimum atomic E-state index is -4.70. The summed E-state index contributed by atoms with van der Waals surface area (Å²) in [5.74, 6) is -1.24. The number of hydrogen-bond acceptors (Lipinski definition) is 6. The van der Waals surface area contributed by atoms with Crippen LogP contribution in [0.25, 0.3) is 11.3 Å². The summed E-state index contributed by atoms with van der Waals surface area (Å²) in [7, 11) is 1.64. The second-order valence-electron chi connectivity index (χ2n) is 5.54. The molecule has 0 radical (unpaired) electrons. The van der Waals surface area contributed by atoms with Crippen molar-refractivity contribution in [3.63, 3.8) is 0 Å². The van der Waals surface area contributed by atoms with Crippen molar-refractivity contribution in [2.75, 3.05) is 0 Å². The van der Waals surface area contributed by atoms with E-state index in [1.54, 1.807) is 14.0 Å². The van der Waals surface area contributed by atoms with Crippen molar-refractivity contribution in [3.05, 3.63) is 41.6 Å². The van der Waals surface area contributed by atoms with Crippen molar-refractivity contribution in [1.82, 2.24) is 29.5 Å². The third-order valence-corrected chi connectivity index (χ3v) is 3.47. The summed E-state index contributed by atoms with van der Waals surface area (Å²) in [6.07, 6.45) is -1.86. The molecule has 142 valence electrons. The molecule has 0 aliphatic heterocycles. The molecular weight excluding hydrogens is 369 g/mol. The number of alkyl halides is 3. The fraction of sp³-hybridized carbons (Fsp3) is 0.267. The molecule has 12 heteroatoms. The summed E-state index contributed by atoms with van der Waals surface area (Å²) < 4.78 is 47.3. The van der Waals surface area contributed by atoms with Gasteiger partial charge in [0.25, 0.3) is 0 Å². The van der Waals surface area contributed by atoms with E-state index in [0.717, 1.165) is 10.7 Å². The Balaban J connectivity index is 1.92. The van der Waals surface area contributed by atoms with Crippen LogP contribution in [0.15, 0.2) is 24.5 Å². The molecule has 0 saturated carbocycles. The van der Waals surface area contributed by atoms with Gasteiger partial charge in [0.2, 0.25) is 0 Å². The molecule has 0 aliphatic carbocycles. The number of aryl methyl sites for hydroxylation is 2. The number of carbonyl (C=O) groups is 1. The highest BCUT2D eigenvalue weighted by Gasteiger charge is 2.34. The molecule has 0 atom stereocenters. The zero-order valence-corrected chi connectivity index (χ0v) is 14.1. The fourth-order valence-corrected chi connectivity index (χ4v) is 2.30. The van der Waals surface area contributed by atoms with E-state index in [1.165, 1.54) is 23.1 Å². The second-order valence-corrected chi connectivity index (χ2v) is 5.54. The SMILES string of the molecule is Cc1nn(C)cc1-c1cc(C(F)(F)F)nc(OCn2ccc(C(=O)O)n2)n1. The van der Waals surface area contributed by atoms with Gasteiger partial charge in [-0.2, -0.15) is 33.3 Å². The number of rotatable bonds is 5. The highest BCUT2D eigenvalue weighted by atomic mass is 19.4. The van der Waals surface area contributed by atoms with Crippen LogP contribution in [0.5, 0.6) is 6.01 Å². The van der Waals surface area contributed by atoms with Gasteiger partial charge in [0.15, 0.2) is 18.1 Å². The Morgan fingerprint density at radius 2 is 2.04 bits per heavy atom. The van der Waals surface area contributed by atoms with Crippen LogP contribution in [0.4, 0.5) is 13.2 Å². The number of carboxylic acid groups (broad SMARTS) is 1. The Morgan fingerprint density at radius 3 is 2.59 bits per heavy atom. The van der Waals surface area contributed by atoms with E-state index >= 15 is 0 Å². The molecule has 9 nitrogen and oxygen atoms in total. The van der Waals surface area contributed by atoms with Gasteiger partial charge >= 0.3 is 18.2 Å². The van der Waals surface area contributed by atoms with Crippen LogP contribution in [-0.2, 0) is 20.0 Å². The molecule has 3 heterocycles. The molecule has 0 aromatic carbocycles. The monoisotopic (exact) mass is 382 g/mol. The molecule has 0 spiro atoms. The maximum Gasteiger partial charge on any atom is 0.433 e. The standard InChI is InChI=1S/C15H13F3N6O3/c1-8-9(6-23(2)21-8)11-5-12(15(16,17)18)20-14(19-11)27-7-24-4-3-10(22-24)13(25)26/h3-6H,7H2,1-2H3,(H,25,26). The Kier molecular flexibility index (Phi) is 4.56. The molecule has 0 bridgehead atoms. The first kappa shape index (κ1) is 18.4. The summed E-state index contributed by atoms with van der Waals surface area (Å²) in [6, 6.07) is 1.52. The predicted octanol–water partition coefficient (Wildman–Crippen LogP) is 2.14. The molecule has 0 saturated heterocycles. The van der Waals surface area contributed by atoms with Crippen LogP contribution in [0.3, 0.4) is 0 Å². The van der Waals surface area contributed by atoms with Crippen LogP contribution < -0.4 is 4.74 Å². The van der Waals surface area contributed by atoms with Gasteiger partial charge in [-0.15, -0.1) is 0 Å². The third-order valence-electron chi connectivity index (χ3n) is 3.47. The fourth-order valence-electron chi connectivity index (χ4n) is 2.30. The zero-order valence-electron chi connectivity index (χ0n) is 14.1. The van der Waals surface area contributed by atoms with Gasteiger partial charge in [0.05, 0.1) is 11.4 Å². The predicted molar refractivity (Wildman–Crippen MR) is 83.8 cm³/mol. The molecule has 0 fully saturated rings. The van der Waals surface area contributed by atoms with Crippen molar-refractivity contribution in [2.24, 2.45) is 7.05 Å². The summed E-state index contributed by atoms with van der Waals surface area (Å²) in [4.78, 5) is 18.2. The Hall–Kier alpha value is -3.44. The maximum absolute atomic E-state index is 13.2. The molecule has 3 rings (SSSR count). The van der Waals surface area contributed by atoms with E-state index in [2.05, 4.69) is 20.2 Å². The number of carboxylic acids is 1. The van der Waals surface area contributed by atoms with Gasteiger partial charge in [-0.05, 0) is 19.1 Å². The van der Waals surface area contributed by atoms with Crippen LogP contribution >= 0.6 is 0 Å². The number of halogens is 3. The van der Waals surface area contributed by atoms with Crippen molar-refractivity contribution in [3.8, 4) is 17.3 Å². The first-order valence-corrected chi connectivity index (χ1v) is 7.50. The zero-order chi connectivity index (χ0) is 19.8. The molecule has 0 amide bonds. The lowest BCUT2D eigenvalue weighted by molar-refractivity contribution is -0.141. The van der Waals surface area contributed by atoms with Crippen molar-refractivity contribution in [2.45, 2.75) is 19.8 Å². The number of ether oxygens (including phenoxy) is 1. The topological polar surface area (TPSA) is 108 Å². The quantitative estimate of drug-likeness (QED) is 0.720. The number of aromatic nitrogens is 6. The lowest BCUT2D eigenvalue weighted by atomic mass is 10.1. The summed E-state index contributed by atoms with van der Waals surface area (Å²) >= 11 is 0. The van der Waals surface area contributed by atoms with Crippen molar-refractivity contribution in [1.29, 1.82) is 0 Å². The van der Waals surface area contributed by atoms with E-state index in [-0.39, 0.29) is 18.1 Å². The molecule has 0 aliphatic rings. The van der Waals surface area contributed by atoms with Gasteiger partial charge in [-0.25, -0.2) is 9.48 Å². The first-order valence-electron chi connectivity index (χ1n) is 7.50.